The van der Waals surface area contributed by atoms with Crippen molar-refractivity contribution in [3.63, 3.8) is 0 Å². The van der Waals surface area contributed by atoms with Gasteiger partial charge in [0.05, 0.1) is 12.0 Å². The maximum atomic E-state index is 13.3. The Kier molecular flexibility index (Phi) is 8.64. The fraction of sp³-hybridized carbons (Fsp3) is 0.321. The van der Waals surface area contributed by atoms with Crippen molar-refractivity contribution in [2.75, 3.05) is 26.3 Å². The van der Waals surface area contributed by atoms with Gasteiger partial charge in [-0.25, -0.2) is 0 Å². The molecular weight excluding hydrogens is 466 g/mol. The molecule has 0 aliphatic carbocycles. The minimum Gasteiger partial charge on any atom is -0.492 e. The van der Waals surface area contributed by atoms with Crippen LogP contribution >= 0.6 is 11.6 Å². The molecule has 35 heavy (non-hydrogen) atoms. The number of rotatable bonds is 12. The molecule has 6 nitrogen and oxygen atoms in total. The maximum Gasteiger partial charge on any atom is 0.204 e. The molecule has 3 aromatic carbocycles. The van der Waals surface area contributed by atoms with Gasteiger partial charge in [-0.05, 0) is 42.8 Å². The molecule has 0 saturated heterocycles. The van der Waals surface area contributed by atoms with E-state index in [4.69, 9.17) is 25.5 Å². The Hall–Kier alpha value is -3.06. The first-order chi connectivity index (χ1) is 17.0. The molecule has 0 spiro atoms. The van der Waals surface area contributed by atoms with Gasteiger partial charge >= 0.3 is 0 Å². The minimum atomic E-state index is -0.668. The Labute approximate surface area is 209 Å². The fourth-order valence-corrected chi connectivity index (χ4v) is 4.07. The summed E-state index contributed by atoms with van der Waals surface area (Å²) in [6, 6.07) is 18.1. The summed E-state index contributed by atoms with van der Waals surface area (Å²) < 4.78 is 18.0. The van der Waals surface area contributed by atoms with Gasteiger partial charge in [0, 0.05) is 30.1 Å². The molecule has 4 rings (SSSR count). The van der Waals surface area contributed by atoms with Crippen LogP contribution in [0, 0.1) is 0 Å². The number of hydrogen-bond donors (Lipinski definition) is 2. The first kappa shape index (κ1) is 25.0. The summed E-state index contributed by atoms with van der Waals surface area (Å²) in [7, 11) is 0. The Bertz CT molecular complexity index is 1340. The molecule has 1 atom stereocenters. The lowest BCUT2D eigenvalue weighted by atomic mass is 10.1. The molecule has 0 amide bonds. The Morgan fingerprint density at radius 2 is 1.91 bits per heavy atom. The molecule has 7 heteroatoms. The van der Waals surface area contributed by atoms with Crippen LogP contribution in [0.4, 0.5) is 0 Å². The van der Waals surface area contributed by atoms with Crippen LogP contribution < -0.4 is 20.2 Å². The largest absolute Gasteiger partial charge is 0.492 e. The van der Waals surface area contributed by atoms with Crippen molar-refractivity contribution in [2.45, 2.75) is 32.3 Å². The van der Waals surface area contributed by atoms with Crippen LogP contribution in [0.25, 0.3) is 21.9 Å². The van der Waals surface area contributed by atoms with Gasteiger partial charge in [0.25, 0.3) is 0 Å². The number of hydrogen-bond acceptors (Lipinski definition) is 6. The number of nitrogens with one attached hydrogen (secondary N) is 1. The van der Waals surface area contributed by atoms with Crippen molar-refractivity contribution in [2.24, 2.45) is 0 Å². The van der Waals surface area contributed by atoms with E-state index in [0.717, 1.165) is 24.9 Å². The smallest absolute Gasteiger partial charge is 0.204 e. The molecular formula is C28H30ClNO5. The fourth-order valence-electron chi connectivity index (χ4n) is 3.86. The van der Waals surface area contributed by atoms with E-state index in [1.165, 1.54) is 0 Å². The number of unbranched alkanes of at least 4 members (excludes halogenated alkanes) is 1. The van der Waals surface area contributed by atoms with E-state index >= 15 is 0 Å². The number of aliphatic hydroxyl groups is 1. The Morgan fingerprint density at radius 3 is 2.74 bits per heavy atom. The normalized spacial score (nSPS) is 12.2. The topological polar surface area (TPSA) is 80.9 Å². The van der Waals surface area contributed by atoms with Crippen LogP contribution in [-0.4, -0.2) is 37.5 Å². The molecule has 0 aliphatic heterocycles. The van der Waals surface area contributed by atoms with Gasteiger partial charge in [0.2, 0.25) is 5.43 Å². The van der Waals surface area contributed by atoms with Crippen LogP contribution in [0.1, 0.15) is 25.3 Å². The number of para-hydroxylation sites is 1. The zero-order chi connectivity index (χ0) is 24.6. The lowest BCUT2D eigenvalue weighted by Gasteiger charge is -2.15. The first-order valence-electron chi connectivity index (χ1n) is 11.9. The lowest BCUT2D eigenvalue weighted by Crippen LogP contribution is -2.31. The van der Waals surface area contributed by atoms with Crippen LogP contribution in [0.5, 0.6) is 11.5 Å². The van der Waals surface area contributed by atoms with Crippen molar-refractivity contribution in [3.8, 4) is 11.5 Å². The van der Waals surface area contributed by atoms with Gasteiger partial charge in [0.1, 0.15) is 40.8 Å². The molecule has 184 valence electrons. The average molecular weight is 496 g/mol. The van der Waals surface area contributed by atoms with Crippen molar-refractivity contribution in [3.05, 3.63) is 81.5 Å². The highest BCUT2D eigenvalue weighted by atomic mass is 35.5. The minimum absolute atomic E-state index is 0.102. The highest BCUT2D eigenvalue weighted by molar-refractivity contribution is 6.30. The van der Waals surface area contributed by atoms with Gasteiger partial charge in [-0.3, -0.25) is 4.79 Å². The van der Waals surface area contributed by atoms with Crippen LogP contribution in [-0.2, 0) is 6.42 Å². The quantitative estimate of drug-likeness (QED) is 0.204. The van der Waals surface area contributed by atoms with Gasteiger partial charge in [0.15, 0.2) is 0 Å². The highest BCUT2D eigenvalue weighted by Crippen LogP contribution is 2.32. The summed E-state index contributed by atoms with van der Waals surface area (Å²) in [6.45, 7) is 3.86. The van der Waals surface area contributed by atoms with Crippen LogP contribution in [0.3, 0.4) is 0 Å². The summed E-state index contributed by atoms with van der Waals surface area (Å²) in [4.78, 5) is 13.3. The number of fused-ring (bicyclic) bond motifs is 2. The molecule has 0 bridgehead atoms. The number of aliphatic hydroxyl groups excluding tert-OH is 1. The number of benzene rings is 3. The second kappa shape index (κ2) is 12.1. The van der Waals surface area contributed by atoms with Gasteiger partial charge in [-0.1, -0.05) is 49.2 Å². The van der Waals surface area contributed by atoms with Crippen molar-refractivity contribution >= 4 is 33.5 Å². The second-order valence-corrected chi connectivity index (χ2v) is 8.91. The number of ether oxygens (including phenoxy) is 2. The molecule has 1 heterocycles. The van der Waals surface area contributed by atoms with Crippen molar-refractivity contribution < 1.29 is 19.0 Å². The standard InChI is InChI=1S/C28H30ClNO5/c1-2-3-12-30-17-21(31)18-34-22-15-25(33-13-11-19-7-6-8-20(29)14-19)27-26(16-22)35-24-10-5-4-9-23(24)28(27)32/h4-10,14-16,21,30-31H,2-3,11-13,17-18H2,1H3. The van der Waals surface area contributed by atoms with E-state index in [9.17, 15) is 9.90 Å². The van der Waals surface area contributed by atoms with Gasteiger partial charge in [-0.2, -0.15) is 0 Å². The van der Waals surface area contributed by atoms with E-state index in [-0.39, 0.29) is 12.0 Å². The van der Waals surface area contributed by atoms with E-state index in [0.29, 0.717) is 58.0 Å². The molecule has 4 aromatic rings. The third kappa shape index (κ3) is 6.54. The monoisotopic (exact) mass is 495 g/mol. The maximum absolute atomic E-state index is 13.3. The van der Waals surface area contributed by atoms with Crippen LogP contribution in [0.15, 0.2) is 69.9 Å². The SMILES string of the molecule is CCCCNCC(O)COc1cc(OCCc2cccc(Cl)c2)c2c(=O)c3ccccc3oc2c1. The molecule has 1 unspecified atom stereocenters. The van der Waals surface area contributed by atoms with E-state index < -0.39 is 6.10 Å². The molecule has 2 N–H and O–H groups in total. The Balaban J connectivity index is 1.57. The Morgan fingerprint density at radius 1 is 1.06 bits per heavy atom. The van der Waals surface area contributed by atoms with E-state index in [1.54, 1.807) is 30.3 Å². The van der Waals surface area contributed by atoms with E-state index in [1.807, 2.05) is 30.3 Å². The predicted octanol–water partition coefficient (Wildman–Crippen LogP) is 5.35. The average Bonchev–Trinajstić information content (AvgIpc) is 2.85. The van der Waals surface area contributed by atoms with Gasteiger partial charge in [-0.15, -0.1) is 0 Å². The highest BCUT2D eigenvalue weighted by Gasteiger charge is 2.16. The zero-order valence-corrected chi connectivity index (χ0v) is 20.5. The third-order valence-corrected chi connectivity index (χ3v) is 5.92. The predicted molar refractivity (Wildman–Crippen MR) is 140 cm³/mol. The molecule has 0 aliphatic rings. The molecule has 0 fully saturated rings. The summed E-state index contributed by atoms with van der Waals surface area (Å²) in [5.74, 6) is 0.843. The summed E-state index contributed by atoms with van der Waals surface area (Å²) >= 11 is 6.09. The summed E-state index contributed by atoms with van der Waals surface area (Å²) in [5.41, 5.74) is 1.74. The zero-order valence-electron chi connectivity index (χ0n) is 19.8. The third-order valence-electron chi connectivity index (χ3n) is 5.68. The van der Waals surface area contributed by atoms with Crippen molar-refractivity contribution in [1.29, 1.82) is 0 Å². The summed E-state index contributed by atoms with van der Waals surface area (Å²) in [5, 5.41) is 15.0. The van der Waals surface area contributed by atoms with E-state index in [2.05, 4.69) is 12.2 Å². The number of halogens is 1. The van der Waals surface area contributed by atoms with Crippen LogP contribution in [0.2, 0.25) is 5.02 Å². The van der Waals surface area contributed by atoms with Crippen molar-refractivity contribution in [1.82, 2.24) is 5.32 Å². The summed E-state index contributed by atoms with van der Waals surface area (Å²) in [6.07, 6.45) is 2.10. The molecule has 1 aromatic heterocycles. The second-order valence-electron chi connectivity index (χ2n) is 8.47. The van der Waals surface area contributed by atoms with Gasteiger partial charge < -0.3 is 24.3 Å². The molecule has 0 saturated carbocycles. The lowest BCUT2D eigenvalue weighted by molar-refractivity contribution is 0.106. The first-order valence-corrected chi connectivity index (χ1v) is 12.3. The molecule has 0 radical (unpaired) electrons.